The van der Waals surface area contributed by atoms with E-state index < -0.39 is 17.2 Å². The number of nitrogens with one attached hydrogen (secondary N) is 2. The molecule has 3 nitrogen and oxygen atoms in total. The van der Waals surface area contributed by atoms with Gasteiger partial charge in [0.15, 0.2) is 5.11 Å². The molecule has 2 N–H and O–H groups in total. The number of rotatable bonds is 2. The van der Waals surface area contributed by atoms with Crippen LogP contribution in [0.5, 0.6) is 5.75 Å². The molecular formula is C18H17F3N2OS. The van der Waals surface area contributed by atoms with E-state index in [1.807, 2.05) is 13.8 Å². The molecule has 25 heavy (non-hydrogen) atoms. The van der Waals surface area contributed by atoms with Crippen LogP contribution in [0.4, 0.5) is 18.9 Å². The van der Waals surface area contributed by atoms with Gasteiger partial charge in [-0.05, 0) is 56.4 Å². The fourth-order valence-electron chi connectivity index (χ4n) is 2.91. The topological polar surface area (TPSA) is 33.3 Å². The van der Waals surface area contributed by atoms with Gasteiger partial charge in [0, 0.05) is 23.7 Å². The lowest BCUT2D eigenvalue weighted by atomic mass is 9.90. The van der Waals surface area contributed by atoms with E-state index in [0.29, 0.717) is 17.7 Å². The van der Waals surface area contributed by atoms with E-state index in [1.54, 1.807) is 6.07 Å². The van der Waals surface area contributed by atoms with E-state index in [2.05, 4.69) is 10.6 Å². The van der Waals surface area contributed by atoms with Gasteiger partial charge in [0.05, 0.1) is 6.04 Å². The first-order valence-corrected chi connectivity index (χ1v) is 8.15. The highest BCUT2D eigenvalue weighted by atomic mass is 32.1. The summed E-state index contributed by atoms with van der Waals surface area (Å²) in [6.45, 7) is 3.85. The van der Waals surface area contributed by atoms with Gasteiger partial charge in [-0.2, -0.15) is 0 Å². The maximum absolute atomic E-state index is 13.6. The number of fused-ring (bicyclic) bond motifs is 1. The van der Waals surface area contributed by atoms with Crippen molar-refractivity contribution in [3.63, 3.8) is 0 Å². The standard InChI is InChI=1S/C18H17F3N2OS/c1-18(2)9-15(14-8-10(19)3-4-16(14)24-18)23-17(25)22-13-6-11(20)5-12(21)7-13/h3-8,15H,9H2,1-2H3,(H2,22,23,25)/t15-/m1/s1. The van der Waals surface area contributed by atoms with E-state index in [4.69, 9.17) is 17.0 Å². The highest BCUT2D eigenvalue weighted by Crippen LogP contribution is 2.39. The van der Waals surface area contributed by atoms with Crippen molar-refractivity contribution in [3.05, 3.63) is 59.4 Å². The summed E-state index contributed by atoms with van der Waals surface area (Å²) in [5, 5.41) is 6.01. The Balaban J connectivity index is 1.79. The fourth-order valence-corrected chi connectivity index (χ4v) is 3.17. The second-order valence-corrected chi connectivity index (χ2v) is 6.97. The van der Waals surface area contributed by atoms with Crippen LogP contribution in [0.2, 0.25) is 0 Å². The van der Waals surface area contributed by atoms with Crippen LogP contribution in [0.25, 0.3) is 0 Å². The average Bonchev–Trinajstić information content (AvgIpc) is 2.46. The van der Waals surface area contributed by atoms with E-state index in [9.17, 15) is 13.2 Å². The molecule has 0 unspecified atom stereocenters. The molecule has 0 saturated heterocycles. The monoisotopic (exact) mass is 366 g/mol. The zero-order chi connectivity index (χ0) is 18.2. The van der Waals surface area contributed by atoms with Crippen molar-refractivity contribution < 1.29 is 17.9 Å². The van der Waals surface area contributed by atoms with Gasteiger partial charge in [-0.1, -0.05) is 0 Å². The molecule has 0 bridgehead atoms. The van der Waals surface area contributed by atoms with E-state index >= 15 is 0 Å². The van der Waals surface area contributed by atoms with Crippen LogP contribution in [-0.2, 0) is 0 Å². The van der Waals surface area contributed by atoms with Crippen molar-refractivity contribution >= 4 is 23.0 Å². The zero-order valence-electron chi connectivity index (χ0n) is 13.7. The number of benzene rings is 2. The van der Waals surface area contributed by atoms with E-state index in [-0.39, 0.29) is 22.7 Å². The highest BCUT2D eigenvalue weighted by Gasteiger charge is 2.34. The lowest BCUT2D eigenvalue weighted by Crippen LogP contribution is -2.42. The van der Waals surface area contributed by atoms with Gasteiger partial charge in [-0.3, -0.25) is 0 Å². The molecule has 132 valence electrons. The SMILES string of the molecule is CC1(C)C[C@@H](NC(=S)Nc2cc(F)cc(F)c2)c2cc(F)ccc2O1. The molecule has 0 aromatic heterocycles. The lowest BCUT2D eigenvalue weighted by molar-refractivity contribution is 0.0694. The number of ether oxygens (including phenoxy) is 1. The summed E-state index contributed by atoms with van der Waals surface area (Å²) < 4.78 is 46.0. The smallest absolute Gasteiger partial charge is 0.171 e. The minimum absolute atomic E-state index is 0.183. The molecule has 2 aromatic carbocycles. The largest absolute Gasteiger partial charge is 0.487 e. The van der Waals surface area contributed by atoms with E-state index in [1.165, 1.54) is 12.1 Å². The minimum Gasteiger partial charge on any atom is -0.487 e. The predicted octanol–water partition coefficient (Wildman–Crippen LogP) is 4.69. The molecule has 2 aromatic rings. The normalized spacial score (nSPS) is 18.0. The van der Waals surface area contributed by atoms with Crippen LogP contribution < -0.4 is 15.4 Å². The summed E-state index contributed by atoms with van der Waals surface area (Å²) in [5.74, 6) is -1.20. The second kappa shape index (κ2) is 6.55. The molecular weight excluding hydrogens is 349 g/mol. The van der Waals surface area contributed by atoms with E-state index in [0.717, 1.165) is 18.2 Å². The van der Waals surface area contributed by atoms with Gasteiger partial charge in [0.1, 0.15) is 28.8 Å². The molecule has 0 aliphatic carbocycles. The summed E-state index contributed by atoms with van der Waals surface area (Å²) in [4.78, 5) is 0. The van der Waals surface area contributed by atoms with Gasteiger partial charge in [0.25, 0.3) is 0 Å². The number of halogens is 3. The Labute approximate surface area is 149 Å². The molecule has 3 rings (SSSR count). The number of hydrogen-bond donors (Lipinski definition) is 2. The maximum Gasteiger partial charge on any atom is 0.171 e. The Morgan fingerprint density at radius 2 is 1.76 bits per heavy atom. The van der Waals surface area contributed by atoms with Crippen LogP contribution in [0, 0.1) is 17.5 Å². The maximum atomic E-state index is 13.6. The first-order valence-electron chi connectivity index (χ1n) is 7.74. The molecule has 0 radical (unpaired) electrons. The van der Waals surface area contributed by atoms with Crippen LogP contribution in [0.15, 0.2) is 36.4 Å². The summed E-state index contributed by atoms with van der Waals surface area (Å²) in [6.07, 6.45) is 0.544. The Morgan fingerprint density at radius 3 is 2.44 bits per heavy atom. The van der Waals surface area contributed by atoms with Crippen LogP contribution in [0.1, 0.15) is 31.9 Å². The summed E-state index contributed by atoms with van der Waals surface area (Å²) in [7, 11) is 0. The summed E-state index contributed by atoms with van der Waals surface area (Å²) >= 11 is 5.24. The predicted molar refractivity (Wildman–Crippen MR) is 94.2 cm³/mol. The number of anilines is 1. The Bertz CT molecular complexity index is 806. The Morgan fingerprint density at radius 1 is 1.08 bits per heavy atom. The van der Waals surface area contributed by atoms with Crippen LogP contribution in [-0.4, -0.2) is 10.7 Å². The molecule has 7 heteroatoms. The Kier molecular flexibility index (Phi) is 4.60. The molecule has 0 spiro atoms. The third-order valence-corrected chi connectivity index (χ3v) is 4.07. The minimum atomic E-state index is -0.704. The van der Waals surface area contributed by atoms with Gasteiger partial charge in [-0.15, -0.1) is 0 Å². The second-order valence-electron chi connectivity index (χ2n) is 6.56. The molecule has 1 aliphatic rings. The lowest BCUT2D eigenvalue weighted by Gasteiger charge is -2.38. The van der Waals surface area contributed by atoms with Crippen molar-refractivity contribution in [2.75, 3.05) is 5.32 Å². The molecule has 0 amide bonds. The fraction of sp³-hybridized carbons (Fsp3) is 0.278. The zero-order valence-corrected chi connectivity index (χ0v) is 14.5. The third kappa shape index (κ3) is 4.22. The van der Waals surface area contributed by atoms with Gasteiger partial charge in [-0.25, -0.2) is 13.2 Å². The van der Waals surface area contributed by atoms with Crippen molar-refractivity contribution in [1.29, 1.82) is 0 Å². The van der Waals surface area contributed by atoms with Gasteiger partial charge >= 0.3 is 0 Å². The van der Waals surface area contributed by atoms with Crippen molar-refractivity contribution in [3.8, 4) is 5.75 Å². The number of thiocarbonyl (C=S) groups is 1. The van der Waals surface area contributed by atoms with Gasteiger partial charge < -0.3 is 15.4 Å². The molecule has 1 heterocycles. The third-order valence-electron chi connectivity index (χ3n) is 3.85. The van der Waals surface area contributed by atoms with Crippen LogP contribution in [0.3, 0.4) is 0 Å². The summed E-state index contributed by atoms with van der Waals surface area (Å²) in [6, 6.07) is 7.07. The molecule has 0 fully saturated rings. The first kappa shape index (κ1) is 17.5. The number of hydrogen-bond acceptors (Lipinski definition) is 2. The van der Waals surface area contributed by atoms with Crippen molar-refractivity contribution in [1.82, 2.24) is 5.32 Å². The first-order chi connectivity index (χ1) is 11.7. The molecule has 1 atom stereocenters. The van der Waals surface area contributed by atoms with Crippen molar-refractivity contribution in [2.45, 2.75) is 31.9 Å². The average molecular weight is 366 g/mol. The quantitative estimate of drug-likeness (QED) is 0.756. The Hall–Kier alpha value is -2.28. The van der Waals surface area contributed by atoms with Gasteiger partial charge in [0.2, 0.25) is 0 Å². The summed E-state index contributed by atoms with van der Waals surface area (Å²) in [5.41, 5.74) is 0.373. The van der Waals surface area contributed by atoms with Crippen molar-refractivity contribution in [2.24, 2.45) is 0 Å². The van der Waals surface area contributed by atoms with Crippen LogP contribution >= 0.6 is 12.2 Å². The highest BCUT2D eigenvalue weighted by molar-refractivity contribution is 7.80. The molecule has 1 aliphatic heterocycles. The molecule has 0 saturated carbocycles.